The number of ether oxygens (including phenoxy) is 1. The molecule has 3 aromatic rings. The molecule has 2 aromatic heterocycles. The Morgan fingerprint density at radius 2 is 2.00 bits per heavy atom. The van der Waals surface area contributed by atoms with Crippen LogP contribution in [-0.2, 0) is 16.6 Å². The smallest absolute Gasteiger partial charge is 0.247 e. The van der Waals surface area contributed by atoms with Crippen LogP contribution in [0.1, 0.15) is 19.5 Å². The van der Waals surface area contributed by atoms with Crippen LogP contribution in [0.3, 0.4) is 0 Å². The number of pyridine rings is 2. The largest absolute Gasteiger partial charge is 0.487 e. The van der Waals surface area contributed by atoms with E-state index in [0.717, 1.165) is 16.8 Å². The molecule has 1 N–H and O–H groups in total. The zero-order valence-corrected chi connectivity index (χ0v) is 21.1. The van der Waals surface area contributed by atoms with E-state index >= 15 is 0 Å². The van der Waals surface area contributed by atoms with E-state index in [1.54, 1.807) is 43.7 Å². The zero-order valence-electron chi connectivity index (χ0n) is 20.3. The molecule has 186 valence electrons. The average Bonchev–Trinajstić information content (AvgIpc) is 2.86. The molecule has 0 unspecified atom stereocenters. The molecule has 0 radical (unpaired) electrons. The van der Waals surface area contributed by atoms with Crippen LogP contribution in [0.2, 0.25) is 0 Å². The lowest BCUT2D eigenvalue weighted by molar-refractivity contribution is 0.0731. The van der Waals surface area contributed by atoms with Gasteiger partial charge in [0.2, 0.25) is 10.0 Å². The van der Waals surface area contributed by atoms with Crippen LogP contribution >= 0.6 is 0 Å². The van der Waals surface area contributed by atoms with Crippen LogP contribution in [-0.4, -0.2) is 71.6 Å². The van der Waals surface area contributed by atoms with Crippen molar-refractivity contribution in [2.45, 2.75) is 37.4 Å². The van der Waals surface area contributed by atoms with Crippen molar-refractivity contribution in [3.05, 3.63) is 72.8 Å². The summed E-state index contributed by atoms with van der Waals surface area (Å²) < 4.78 is 35.2. The Morgan fingerprint density at radius 1 is 1.17 bits per heavy atom. The molecule has 8 nitrogen and oxygen atoms in total. The summed E-state index contributed by atoms with van der Waals surface area (Å²) in [6.07, 6.45) is 4.92. The number of aliphatic hydroxyl groups excluding tert-OH is 1. The minimum absolute atomic E-state index is 0.106. The van der Waals surface area contributed by atoms with Gasteiger partial charge in [-0.2, -0.15) is 4.31 Å². The van der Waals surface area contributed by atoms with E-state index in [1.165, 1.54) is 4.31 Å². The van der Waals surface area contributed by atoms with Crippen molar-refractivity contribution >= 4 is 10.0 Å². The van der Waals surface area contributed by atoms with Gasteiger partial charge in [-0.15, -0.1) is 0 Å². The Bertz CT molecular complexity index is 1220. The second kappa shape index (κ2) is 10.8. The van der Waals surface area contributed by atoms with Gasteiger partial charge in [0.1, 0.15) is 16.7 Å². The lowest BCUT2D eigenvalue weighted by Crippen LogP contribution is -2.49. The van der Waals surface area contributed by atoms with Crippen LogP contribution in [0, 0.1) is 5.92 Å². The second-order valence-corrected chi connectivity index (χ2v) is 11.0. The van der Waals surface area contributed by atoms with Gasteiger partial charge in [0.05, 0.1) is 12.3 Å². The quantitative estimate of drug-likeness (QED) is 0.537. The number of aliphatic hydroxyl groups is 1. The molecule has 0 saturated heterocycles. The maximum Gasteiger partial charge on any atom is 0.247 e. The molecule has 0 saturated carbocycles. The molecule has 3 atom stereocenters. The fourth-order valence-corrected chi connectivity index (χ4v) is 6.12. The van der Waals surface area contributed by atoms with Crippen molar-refractivity contribution < 1.29 is 18.3 Å². The summed E-state index contributed by atoms with van der Waals surface area (Å²) in [5.74, 6) is 0.185. The third-order valence-corrected chi connectivity index (χ3v) is 8.33. The molecule has 0 spiro atoms. The maximum atomic E-state index is 13.6. The highest BCUT2D eigenvalue weighted by atomic mass is 32.2. The summed E-state index contributed by atoms with van der Waals surface area (Å²) in [6, 6.07) is 14.2. The standard InChI is InChI=1S/C26H32N4O4S/c1-19-15-30(20(2)18-31)35(32,33)26-10-9-21(22-7-6-11-27-14-22)13-24(26)34-25(19)17-29(3)16-23-8-4-5-12-28-23/h4-14,19-20,25,31H,15-18H2,1-3H3/t19-,20+,25+/m1/s1. The Balaban J connectivity index is 1.72. The molecule has 1 aromatic carbocycles. The van der Waals surface area contributed by atoms with Gasteiger partial charge in [0.15, 0.2) is 0 Å². The van der Waals surface area contributed by atoms with Crippen LogP contribution < -0.4 is 4.74 Å². The van der Waals surface area contributed by atoms with Gasteiger partial charge in [-0.25, -0.2) is 8.42 Å². The summed E-state index contributed by atoms with van der Waals surface area (Å²) >= 11 is 0. The van der Waals surface area contributed by atoms with Crippen molar-refractivity contribution in [2.24, 2.45) is 5.92 Å². The van der Waals surface area contributed by atoms with Crippen molar-refractivity contribution in [3.8, 4) is 16.9 Å². The number of hydrogen-bond donors (Lipinski definition) is 1. The molecule has 3 heterocycles. The van der Waals surface area contributed by atoms with E-state index in [9.17, 15) is 13.5 Å². The molecule has 35 heavy (non-hydrogen) atoms. The number of rotatable bonds is 7. The number of hydrogen-bond acceptors (Lipinski definition) is 7. The first kappa shape index (κ1) is 25.2. The van der Waals surface area contributed by atoms with E-state index in [-0.39, 0.29) is 30.1 Å². The third-order valence-electron chi connectivity index (χ3n) is 6.31. The van der Waals surface area contributed by atoms with Crippen LogP contribution in [0.15, 0.2) is 72.0 Å². The van der Waals surface area contributed by atoms with Gasteiger partial charge in [0, 0.05) is 55.7 Å². The minimum Gasteiger partial charge on any atom is -0.487 e. The van der Waals surface area contributed by atoms with E-state index in [1.807, 2.05) is 44.3 Å². The molecule has 4 rings (SSSR count). The van der Waals surface area contributed by atoms with Crippen molar-refractivity contribution in [1.82, 2.24) is 19.2 Å². The fourth-order valence-electron chi connectivity index (χ4n) is 4.30. The number of likely N-dealkylation sites (N-methyl/N-ethyl adjacent to an activating group) is 1. The highest BCUT2D eigenvalue weighted by molar-refractivity contribution is 7.89. The zero-order chi connectivity index (χ0) is 25.0. The number of nitrogens with zero attached hydrogens (tertiary/aromatic N) is 4. The van der Waals surface area contributed by atoms with Crippen LogP contribution in [0.25, 0.3) is 11.1 Å². The molecule has 0 aliphatic carbocycles. The highest BCUT2D eigenvalue weighted by Crippen LogP contribution is 2.36. The Morgan fingerprint density at radius 3 is 2.69 bits per heavy atom. The normalized spacial score (nSPS) is 20.9. The summed E-state index contributed by atoms with van der Waals surface area (Å²) in [6.45, 7) is 4.91. The van der Waals surface area contributed by atoms with Crippen LogP contribution in [0.5, 0.6) is 5.75 Å². The van der Waals surface area contributed by atoms with Gasteiger partial charge in [0.25, 0.3) is 0 Å². The van der Waals surface area contributed by atoms with Crippen molar-refractivity contribution in [2.75, 3.05) is 26.7 Å². The minimum atomic E-state index is -3.88. The van der Waals surface area contributed by atoms with E-state index < -0.39 is 16.1 Å². The molecule has 1 aliphatic rings. The average molecular weight is 497 g/mol. The predicted octanol–water partition coefficient (Wildman–Crippen LogP) is 3.04. The Hall–Kier alpha value is -2.85. The molecule has 0 fully saturated rings. The fraction of sp³-hybridized carbons (Fsp3) is 0.385. The molecule has 9 heteroatoms. The second-order valence-electron chi connectivity index (χ2n) is 9.16. The molecular formula is C26H32N4O4S. The molecule has 1 aliphatic heterocycles. The van der Waals surface area contributed by atoms with E-state index in [4.69, 9.17) is 4.74 Å². The lowest BCUT2D eigenvalue weighted by Gasteiger charge is -2.37. The Labute approximate surface area is 207 Å². The number of fused-ring (bicyclic) bond motifs is 1. The Kier molecular flexibility index (Phi) is 7.81. The van der Waals surface area contributed by atoms with Gasteiger partial charge < -0.3 is 9.84 Å². The van der Waals surface area contributed by atoms with Crippen molar-refractivity contribution in [1.29, 1.82) is 0 Å². The maximum absolute atomic E-state index is 13.6. The first-order valence-electron chi connectivity index (χ1n) is 11.7. The van der Waals surface area contributed by atoms with Gasteiger partial charge in [-0.05, 0) is 49.9 Å². The summed E-state index contributed by atoms with van der Waals surface area (Å²) in [5.41, 5.74) is 2.64. The topological polar surface area (TPSA) is 95.9 Å². The summed E-state index contributed by atoms with van der Waals surface area (Å²) in [4.78, 5) is 10.8. The number of sulfonamides is 1. The lowest BCUT2D eigenvalue weighted by atomic mass is 10.0. The van der Waals surface area contributed by atoms with E-state index in [2.05, 4.69) is 14.9 Å². The first-order chi connectivity index (χ1) is 16.8. The van der Waals surface area contributed by atoms with E-state index in [0.29, 0.717) is 18.8 Å². The molecular weight excluding hydrogens is 464 g/mol. The predicted molar refractivity (Wildman–Crippen MR) is 134 cm³/mol. The van der Waals surface area contributed by atoms with Gasteiger partial charge in [-0.1, -0.05) is 25.1 Å². The molecule has 0 bridgehead atoms. The van der Waals surface area contributed by atoms with Crippen molar-refractivity contribution in [3.63, 3.8) is 0 Å². The first-order valence-corrected chi connectivity index (χ1v) is 13.2. The van der Waals surface area contributed by atoms with Gasteiger partial charge in [-0.3, -0.25) is 14.9 Å². The number of aromatic nitrogens is 2. The monoisotopic (exact) mass is 496 g/mol. The number of benzene rings is 1. The molecule has 0 amide bonds. The SMILES string of the molecule is C[C@@H]1CN([C@@H](C)CO)S(=O)(=O)c2ccc(-c3cccnc3)cc2O[C@H]1CN(C)Cc1ccccn1. The third kappa shape index (κ3) is 5.70. The highest BCUT2D eigenvalue weighted by Gasteiger charge is 2.38. The summed E-state index contributed by atoms with van der Waals surface area (Å²) in [5, 5.41) is 9.82. The van der Waals surface area contributed by atoms with Crippen LogP contribution in [0.4, 0.5) is 0 Å². The van der Waals surface area contributed by atoms with Gasteiger partial charge >= 0.3 is 0 Å². The summed E-state index contributed by atoms with van der Waals surface area (Å²) in [7, 11) is -1.88.